The Hall–Kier alpha value is -2.63. The molecule has 0 bridgehead atoms. The predicted molar refractivity (Wildman–Crippen MR) is 94.1 cm³/mol. The summed E-state index contributed by atoms with van der Waals surface area (Å²) in [6.07, 6.45) is 1.76. The number of benzene rings is 1. The molecule has 1 aliphatic heterocycles. The van der Waals surface area contributed by atoms with E-state index in [0.717, 1.165) is 43.2 Å². The van der Waals surface area contributed by atoms with Crippen LogP contribution in [0.25, 0.3) is 0 Å². The fourth-order valence-electron chi connectivity index (χ4n) is 3.01. The number of piperidine rings is 1. The van der Waals surface area contributed by atoms with Gasteiger partial charge in [0.25, 0.3) is 0 Å². The van der Waals surface area contributed by atoms with Crippen molar-refractivity contribution in [3.63, 3.8) is 0 Å². The van der Waals surface area contributed by atoms with Gasteiger partial charge in [-0.1, -0.05) is 0 Å². The van der Waals surface area contributed by atoms with Crippen molar-refractivity contribution in [2.75, 3.05) is 20.2 Å². The average molecular weight is 341 g/mol. The van der Waals surface area contributed by atoms with Crippen LogP contribution in [0.2, 0.25) is 0 Å². The van der Waals surface area contributed by atoms with Gasteiger partial charge in [-0.2, -0.15) is 4.98 Å². The van der Waals surface area contributed by atoms with Crippen molar-refractivity contribution in [3.05, 3.63) is 41.9 Å². The summed E-state index contributed by atoms with van der Waals surface area (Å²) in [7, 11) is 1.63. The van der Waals surface area contributed by atoms with Crippen LogP contribution in [-0.2, 0) is 4.79 Å². The topological polar surface area (TPSA) is 64.6 Å². The fourth-order valence-corrected chi connectivity index (χ4v) is 3.01. The van der Waals surface area contributed by atoms with Gasteiger partial charge in [0.05, 0.1) is 7.11 Å². The monoisotopic (exact) mass is 341 g/mol. The van der Waals surface area contributed by atoms with Crippen LogP contribution >= 0.6 is 0 Å². The standard InChI is InChI=1S/C19H23N3O3/c1-13-12-18(25-17-6-4-16(24-3)5-7-17)21-19(20-13)15-8-10-22(11-9-15)14(2)23/h4-7,12,15H,8-11H2,1-3H3. The van der Waals surface area contributed by atoms with Crippen LogP contribution < -0.4 is 9.47 Å². The molecule has 3 rings (SSSR count). The summed E-state index contributed by atoms with van der Waals surface area (Å²) in [5.41, 5.74) is 0.877. The lowest BCUT2D eigenvalue weighted by atomic mass is 9.96. The molecule has 6 nitrogen and oxygen atoms in total. The molecule has 25 heavy (non-hydrogen) atoms. The van der Waals surface area contributed by atoms with Crippen molar-refractivity contribution >= 4 is 5.91 Å². The Morgan fingerprint density at radius 3 is 2.36 bits per heavy atom. The summed E-state index contributed by atoms with van der Waals surface area (Å²) in [4.78, 5) is 22.5. The minimum absolute atomic E-state index is 0.132. The van der Waals surface area contributed by atoms with Crippen molar-refractivity contribution < 1.29 is 14.3 Å². The molecule has 132 valence electrons. The molecule has 6 heteroatoms. The van der Waals surface area contributed by atoms with Gasteiger partial charge in [0.2, 0.25) is 11.8 Å². The van der Waals surface area contributed by atoms with E-state index in [9.17, 15) is 4.79 Å². The SMILES string of the molecule is COc1ccc(Oc2cc(C)nc(C3CCN(C(C)=O)CC3)n2)cc1. The van der Waals surface area contributed by atoms with E-state index in [1.54, 1.807) is 14.0 Å². The van der Waals surface area contributed by atoms with Gasteiger partial charge < -0.3 is 14.4 Å². The number of hydrogen-bond acceptors (Lipinski definition) is 5. The van der Waals surface area contributed by atoms with Crippen LogP contribution in [0.4, 0.5) is 0 Å². The Balaban J connectivity index is 1.73. The highest BCUT2D eigenvalue weighted by Gasteiger charge is 2.24. The van der Waals surface area contributed by atoms with E-state index in [-0.39, 0.29) is 11.8 Å². The molecule has 1 amide bonds. The second-order valence-electron chi connectivity index (χ2n) is 6.26. The molecule has 0 N–H and O–H groups in total. The van der Waals surface area contributed by atoms with E-state index in [1.807, 2.05) is 42.2 Å². The normalized spacial score (nSPS) is 15.1. The minimum atomic E-state index is 0.132. The molecule has 1 aromatic carbocycles. The van der Waals surface area contributed by atoms with Crippen LogP contribution in [-0.4, -0.2) is 41.0 Å². The molecule has 2 heterocycles. The zero-order chi connectivity index (χ0) is 17.8. The first-order valence-electron chi connectivity index (χ1n) is 8.48. The summed E-state index contributed by atoms with van der Waals surface area (Å²) in [5.74, 6) is 3.22. The summed E-state index contributed by atoms with van der Waals surface area (Å²) >= 11 is 0. The Morgan fingerprint density at radius 1 is 1.12 bits per heavy atom. The molecular formula is C19H23N3O3. The molecule has 1 fully saturated rings. The van der Waals surface area contributed by atoms with E-state index in [1.165, 1.54) is 0 Å². The lowest BCUT2D eigenvalue weighted by Gasteiger charge is -2.30. The summed E-state index contributed by atoms with van der Waals surface area (Å²) in [5, 5.41) is 0. The molecule has 2 aromatic rings. The quantitative estimate of drug-likeness (QED) is 0.853. The number of carbonyl (C=O) groups excluding carboxylic acids is 1. The maximum Gasteiger partial charge on any atom is 0.222 e. The highest BCUT2D eigenvalue weighted by Crippen LogP contribution is 2.29. The molecule has 0 atom stereocenters. The molecule has 0 spiro atoms. The number of aromatic nitrogens is 2. The Labute approximate surface area is 147 Å². The van der Waals surface area contributed by atoms with Crippen molar-refractivity contribution in [2.24, 2.45) is 0 Å². The number of methoxy groups -OCH3 is 1. The van der Waals surface area contributed by atoms with Gasteiger partial charge in [0, 0.05) is 37.7 Å². The number of carbonyl (C=O) groups is 1. The van der Waals surface area contributed by atoms with E-state index in [0.29, 0.717) is 11.6 Å². The lowest BCUT2D eigenvalue weighted by molar-refractivity contribution is -0.129. The Kier molecular flexibility index (Phi) is 5.16. The first-order valence-corrected chi connectivity index (χ1v) is 8.48. The minimum Gasteiger partial charge on any atom is -0.497 e. The van der Waals surface area contributed by atoms with Gasteiger partial charge in [-0.3, -0.25) is 4.79 Å². The number of nitrogens with zero attached hydrogens (tertiary/aromatic N) is 3. The van der Waals surface area contributed by atoms with Gasteiger partial charge in [-0.15, -0.1) is 0 Å². The molecule has 0 aliphatic carbocycles. The van der Waals surface area contributed by atoms with Crippen LogP contribution in [0, 0.1) is 6.92 Å². The number of ether oxygens (including phenoxy) is 2. The van der Waals surface area contributed by atoms with Gasteiger partial charge >= 0.3 is 0 Å². The molecular weight excluding hydrogens is 318 g/mol. The van der Waals surface area contributed by atoms with Crippen LogP contribution in [0.1, 0.15) is 37.2 Å². The summed E-state index contributed by atoms with van der Waals surface area (Å²) in [6, 6.07) is 9.23. The number of likely N-dealkylation sites (tertiary alicyclic amines) is 1. The van der Waals surface area contributed by atoms with Crippen molar-refractivity contribution in [3.8, 4) is 17.4 Å². The molecule has 0 unspecified atom stereocenters. The largest absolute Gasteiger partial charge is 0.497 e. The Bertz CT molecular complexity index is 738. The zero-order valence-electron chi connectivity index (χ0n) is 14.9. The first-order chi connectivity index (χ1) is 12.0. The zero-order valence-corrected chi connectivity index (χ0v) is 14.9. The average Bonchev–Trinajstić information content (AvgIpc) is 2.62. The van der Waals surface area contributed by atoms with Gasteiger partial charge in [-0.25, -0.2) is 4.98 Å². The highest BCUT2D eigenvalue weighted by atomic mass is 16.5. The summed E-state index contributed by atoms with van der Waals surface area (Å²) < 4.78 is 11.0. The maximum absolute atomic E-state index is 11.5. The summed E-state index contributed by atoms with van der Waals surface area (Å²) in [6.45, 7) is 5.07. The smallest absolute Gasteiger partial charge is 0.222 e. The van der Waals surface area contributed by atoms with Crippen LogP contribution in [0.3, 0.4) is 0 Å². The van der Waals surface area contributed by atoms with E-state index in [4.69, 9.17) is 9.47 Å². The van der Waals surface area contributed by atoms with Gasteiger partial charge in [0.15, 0.2) is 0 Å². The second-order valence-corrected chi connectivity index (χ2v) is 6.26. The number of hydrogen-bond donors (Lipinski definition) is 0. The highest BCUT2D eigenvalue weighted by molar-refractivity contribution is 5.73. The van der Waals surface area contributed by atoms with E-state index in [2.05, 4.69) is 9.97 Å². The van der Waals surface area contributed by atoms with Crippen molar-refractivity contribution in [1.82, 2.24) is 14.9 Å². The number of aryl methyl sites for hydroxylation is 1. The second kappa shape index (κ2) is 7.51. The maximum atomic E-state index is 11.5. The molecule has 1 aliphatic rings. The van der Waals surface area contributed by atoms with Gasteiger partial charge in [-0.05, 0) is 44.0 Å². The first kappa shape index (κ1) is 17.2. The fraction of sp³-hybridized carbons (Fsp3) is 0.421. The number of amides is 1. The lowest BCUT2D eigenvalue weighted by Crippen LogP contribution is -2.36. The molecule has 0 radical (unpaired) electrons. The third kappa shape index (κ3) is 4.26. The van der Waals surface area contributed by atoms with Crippen molar-refractivity contribution in [1.29, 1.82) is 0 Å². The van der Waals surface area contributed by atoms with Crippen LogP contribution in [0.15, 0.2) is 30.3 Å². The predicted octanol–water partition coefficient (Wildman–Crippen LogP) is 3.31. The molecule has 1 saturated heterocycles. The van der Waals surface area contributed by atoms with E-state index >= 15 is 0 Å². The molecule has 1 aromatic heterocycles. The van der Waals surface area contributed by atoms with Crippen molar-refractivity contribution in [2.45, 2.75) is 32.6 Å². The third-order valence-corrected chi connectivity index (χ3v) is 4.44. The van der Waals surface area contributed by atoms with Gasteiger partial charge in [0.1, 0.15) is 17.3 Å². The Morgan fingerprint density at radius 2 is 1.76 bits per heavy atom. The number of rotatable bonds is 4. The molecule has 0 saturated carbocycles. The van der Waals surface area contributed by atoms with Crippen LogP contribution in [0.5, 0.6) is 17.4 Å². The third-order valence-electron chi connectivity index (χ3n) is 4.44. The van der Waals surface area contributed by atoms with E-state index < -0.39 is 0 Å².